The van der Waals surface area contributed by atoms with Crippen molar-refractivity contribution in [1.29, 1.82) is 0 Å². The lowest BCUT2D eigenvalue weighted by molar-refractivity contribution is -0.131. The van der Waals surface area contributed by atoms with Crippen molar-refractivity contribution in [1.82, 2.24) is 4.90 Å². The maximum absolute atomic E-state index is 12.7. The number of nitrogens with zero attached hydrogens (tertiary/aromatic N) is 1. The van der Waals surface area contributed by atoms with Gasteiger partial charge in [-0.15, -0.1) is 0 Å². The van der Waals surface area contributed by atoms with Crippen molar-refractivity contribution < 1.29 is 9.21 Å². The van der Waals surface area contributed by atoms with Crippen molar-refractivity contribution in [2.24, 2.45) is 0 Å². The lowest BCUT2D eigenvalue weighted by Gasteiger charge is -2.25. The second kappa shape index (κ2) is 6.52. The van der Waals surface area contributed by atoms with Gasteiger partial charge in [0.1, 0.15) is 5.58 Å². The minimum absolute atomic E-state index is 0.0424. The molecule has 0 bridgehead atoms. The van der Waals surface area contributed by atoms with E-state index in [1.165, 1.54) is 5.56 Å². The summed E-state index contributed by atoms with van der Waals surface area (Å²) in [5.41, 5.74) is 5.31. The van der Waals surface area contributed by atoms with E-state index in [2.05, 4.69) is 19.9 Å². The van der Waals surface area contributed by atoms with Crippen LogP contribution in [-0.2, 0) is 11.2 Å². The van der Waals surface area contributed by atoms with Gasteiger partial charge in [0.15, 0.2) is 0 Å². The molecule has 0 saturated heterocycles. The van der Waals surface area contributed by atoms with Crippen LogP contribution in [0.25, 0.3) is 11.0 Å². The molecule has 3 rings (SSSR count). The largest absolute Gasteiger partial charge is 0.464 e. The summed E-state index contributed by atoms with van der Waals surface area (Å²) in [5.74, 6) is 0.0901. The Morgan fingerprint density at radius 2 is 1.83 bits per heavy atom. The first-order valence-electron chi connectivity index (χ1n) is 8.26. The van der Waals surface area contributed by atoms with E-state index in [9.17, 15) is 4.79 Å². The van der Waals surface area contributed by atoms with Gasteiger partial charge in [-0.1, -0.05) is 42.5 Å². The Bertz CT molecular complexity index is 864. The first-order chi connectivity index (χ1) is 11.5. The Morgan fingerprint density at radius 1 is 1.12 bits per heavy atom. The fourth-order valence-corrected chi connectivity index (χ4v) is 2.98. The number of carbonyl (C=O) groups is 1. The molecule has 124 valence electrons. The molecule has 0 aliphatic rings. The molecule has 2 aromatic carbocycles. The summed E-state index contributed by atoms with van der Waals surface area (Å²) in [6.45, 7) is 6.17. The fourth-order valence-electron chi connectivity index (χ4n) is 2.98. The van der Waals surface area contributed by atoms with Crippen molar-refractivity contribution in [3.8, 4) is 0 Å². The SMILES string of the molecule is Cc1ccc2c(CC(=O)N(C)C(C)c3ccccc3)coc2c1C. The van der Waals surface area contributed by atoms with Crippen LogP contribution in [0.4, 0.5) is 0 Å². The molecule has 1 amide bonds. The van der Waals surface area contributed by atoms with Gasteiger partial charge in [-0.25, -0.2) is 0 Å². The maximum Gasteiger partial charge on any atom is 0.227 e. The molecule has 1 aromatic heterocycles. The van der Waals surface area contributed by atoms with E-state index < -0.39 is 0 Å². The average molecular weight is 321 g/mol. The Balaban J connectivity index is 1.81. The van der Waals surface area contributed by atoms with Crippen LogP contribution in [0.5, 0.6) is 0 Å². The minimum atomic E-state index is 0.0424. The molecule has 0 saturated carbocycles. The highest BCUT2D eigenvalue weighted by Crippen LogP contribution is 2.27. The van der Waals surface area contributed by atoms with Crippen LogP contribution in [0.3, 0.4) is 0 Å². The fraction of sp³-hybridized carbons (Fsp3) is 0.286. The molecule has 3 nitrogen and oxygen atoms in total. The van der Waals surface area contributed by atoms with Gasteiger partial charge in [0, 0.05) is 18.0 Å². The zero-order valence-electron chi connectivity index (χ0n) is 14.7. The number of hydrogen-bond donors (Lipinski definition) is 0. The van der Waals surface area contributed by atoms with Crippen LogP contribution < -0.4 is 0 Å². The number of carbonyl (C=O) groups excluding carboxylic acids is 1. The van der Waals surface area contributed by atoms with Crippen molar-refractivity contribution in [2.75, 3.05) is 7.05 Å². The number of amides is 1. The highest BCUT2D eigenvalue weighted by molar-refractivity contribution is 5.89. The van der Waals surface area contributed by atoms with Gasteiger partial charge in [-0.2, -0.15) is 0 Å². The zero-order chi connectivity index (χ0) is 17.3. The normalized spacial score (nSPS) is 12.3. The molecule has 0 radical (unpaired) electrons. The van der Waals surface area contributed by atoms with Crippen LogP contribution in [0.2, 0.25) is 0 Å². The number of aryl methyl sites for hydroxylation is 2. The first kappa shape index (κ1) is 16.3. The second-order valence-electron chi connectivity index (χ2n) is 6.41. The highest BCUT2D eigenvalue weighted by atomic mass is 16.3. The Labute approximate surface area is 142 Å². The molecule has 1 unspecified atom stereocenters. The predicted molar refractivity (Wildman–Crippen MR) is 97.0 cm³/mol. The van der Waals surface area contributed by atoms with Crippen molar-refractivity contribution in [2.45, 2.75) is 33.2 Å². The summed E-state index contributed by atoms with van der Waals surface area (Å²) in [6.07, 6.45) is 2.07. The van der Waals surface area contributed by atoms with Gasteiger partial charge < -0.3 is 9.32 Å². The van der Waals surface area contributed by atoms with E-state index in [0.29, 0.717) is 6.42 Å². The average Bonchev–Trinajstić information content (AvgIpc) is 3.01. The van der Waals surface area contributed by atoms with E-state index in [1.54, 1.807) is 11.2 Å². The monoisotopic (exact) mass is 321 g/mol. The smallest absolute Gasteiger partial charge is 0.227 e. The summed E-state index contributed by atoms with van der Waals surface area (Å²) < 4.78 is 5.72. The number of likely N-dealkylation sites (N-methyl/N-ethyl adjacent to an activating group) is 1. The summed E-state index contributed by atoms with van der Waals surface area (Å²) >= 11 is 0. The number of rotatable bonds is 4. The number of hydrogen-bond acceptors (Lipinski definition) is 2. The zero-order valence-corrected chi connectivity index (χ0v) is 14.7. The molecule has 0 N–H and O–H groups in total. The van der Waals surface area contributed by atoms with Crippen LogP contribution in [-0.4, -0.2) is 17.9 Å². The minimum Gasteiger partial charge on any atom is -0.464 e. The molecule has 3 heteroatoms. The predicted octanol–water partition coefficient (Wildman–Crippen LogP) is 4.81. The Morgan fingerprint density at radius 3 is 2.54 bits per heavy atom. The molecule has 1 heterocycles. The third-order valence-corrected chi connectivity index (χ3v) is 4.94. The molecular formula is C21H23NO2. The van der Waals surface area contributed by atoms with E-state index >= 15 is 0 Å². The van der Waals surface area contributed by atoms with Gasteiger partial charge in [0.2, 0.25) is 5.91 Å². The van der Waals surface area contributed by atoms with Crippen LogP contribution in [0, 0.1) is 13.8 Å². The van der Waals surface area contributed by atoms with Gasteiger partial charge in [-0.3, -0.25) is 4.79 Å². The molecule has 0 spiro atoms. The van der Waals surface area contributed by atoms with Crippen molar-refractivity contribution in [3.05, 3.63) is 71.0 Å². The number of furan rings is 1. The van der Waals surface area contributed by atoms with E-state index in [-0.39, 0.29) is 11.9 Å². The molecule has 0 aliphatic carbocycles. The summed E-state index contributed by atoms with van der Waals surface area (Å²) in [7, 11) is 1.86. The highest BCUT2D eigenvalue weighted by Gasteiger charge is 2.19. The van der Waals surface area contributed by atoms with E-state index in [0.717, 1.165) is 27.7 Å². The van der Waals surface area contributed by atoms with Crippen molar-refractivity contribution >= 4 is 16.9 Å². The number of fused-ring (bicyclic) bond motifs is 1. The standard InChI is InChI=1S/C21H23NO2/c1-14-10-11-19-18(13-24-21(19)15(14)2)12-20(23)22(4)16(3)17-8-6-5-7-9-17/h5-11,13,16H,12H2,1-4H3. The van der Waals surface area contributed by atoms with Gasteiger partial charge in [0.05, 0.1) is 18.7 Å². The quantitative estimate of drug-likeness (QED) is 0.691. The van der Waals surface area contributed by atoms with Crippen LogP contribution >= 0.6 is 0 Å². The summed E-state index contributed by atoms with van der Waals surface area (Å²) in [5, 5.41) is 1.03. The second-order valence-corrected chi connectivity index (χ2v) is 6.41. The molecule has 24 heavy (non-hydrogen) atoms. The van der Waals surface area contributed by atoms with Gasteiger partial charge in [0.25, 0.3) is 0 Å². The summed E-state index contributed by atoms with van der Waals surface area (Å²) in [4.78, 5) is 14.5. The first-order valence-corrected chi connectivity index (χ1v) is 8.26. The Hall–Kier alpha value is -2.55. The van der Waals surface area contributed by atoms with Crippen LogP contribution in [0.1, 0.15) is 35.2 Å². The lowest BCUT2D eigenvalue weighted by Crippen LogP contribution is -2.30. The third-order valence-electron chi connectivity index (χ3n) is 4.94. The van der Waals surface area contributed by atoms with Gasteiger partial charge >= 0.3 is 0 Å². The molecule has 3 aromatic rings. The van der Waals surface area contributed by atoms with E-state index in [4.69, 9.17) is 4.42 Å². The van der Waals surface area contributed by atoms with Crippen LogP contribution in [0.15, 0.2) is 53.1 Å². The molecule has 1 atom stereocenters. The summed E-state index contributed by atoms with van der Waals surface area (Å²) in [6, 6.07) is 14.3. The number of benzene rings is 2. The Kier molecular flexibility index (Phi) is 4.43. The third kappa shape index (κ3) is 2.94. The van der Waals surface area contributed by atoms with Crippen molar-refractivity contribution in [3.63, 3.8) is 0 Å². The molecule has 0 fully saturated rings. The maximum atomic E-state index is 12.7. The molecular weight excluding hydrogens is 298 g/mol. The van der Waals surface area contributed by atoms with Gasteiger partial charge in [-0.05, 0) is 37.5 Å². The molecule has 0 aliphatic heterocycles. The van der Waals surface area contributed by atoms with E-state index in [1.807, 2.05) is 50.4 Å². The topological polar surface area (TPSA) is 33.5 Å². The lowest BCUT2D eigenvalue weighted by atomic mass is 10.0.